The normalized spacial score (nSPS) is 18.2. The number of carboxylic acids is 1. The first kappa shape index (κ1) is 20.4. The van der Waals surface area contributed by atoms with Crippen molar-refractivity contribution in [2.75, 3.05) is 6.61 Å². The smallest absolute Gasteiger partial charge is 0.304 e. The van der Waals surface area contributed by atoms with E-state index in [4.69, 9.17) is 14.6 Å². The van der Waals surface area contributed by atoms with E-state index in [0.717, 1.165) is 35.2 Å². The molecule has 1 N–H and O–H groups in total. The average Bonchev–Trinajstić information content (AvgIpc) is 3.59. The van der Waals surface area contributed by atoms with Crippen LogP contribution in [0.2, 0.25) is 0 Å². The largest absolute Gasteiger partial charge is 0.492 e. The molecule has 0 saturated heterocycles. The number of hydrogen-bond acceptors (Lipinski definition) is 6. The number of hydrogen-bond donors (Lipinski definition) is 1. The van der Waals surface area contributed by atoms with E-state index < -0.39 is 5.97 Å². The molecule has 0 radical (unpaired) electrons. The van der Waals surface area contributed by atoms with Gasteiger partial charge in [-0.25, -0.2) is 0 Å². The fourth-order valence-electron chi connectivity index (χ4n) is 4.92. The number of aromatic nitrogens is 4. The minimum Gasteiger partial charge on any atom is -0.492 e. The van der Waals surface area contributed by atoms with Gasteiger partial charge in [-0.3, -0.25) is 4.79 Å². The van der Waals surface area contributed by atoms with E-state index in [1.165, 1.54) is 5.56 Å². The van der Waals surface area contributed by atoms with Crippen LogP contribution in [-0.2, 0) is 11.2 Å². The standard InChI is InChI=1S/C26H22N4O4/c31-25(32)13-16-15-33-24-14-18(9-10-19(16)24)34-23-12-11-20-21(23)7-4-8-22(20)26-27-28-29-30(26)17-5-2-1-3-6-17/h1-10,14,16,23H,11-13,15H2,(H,31,32)/t16-,23-/m1/s1. The van der Waals surface area contributed by atoms with Gasteiger partial charge in [-0.2, -0.15) is 4.68 Å². The average molecular weight is 454 g/mol. The van der Waals surface area contributed by atoms with Crippen molar-refractivity contribution in [3.63, 3.8) is 0 Å². The molecule has 1 aromatic heterocycles. The van der Waals surface area contributed by atoms with Crippen molar-refractivity contribution in [3.8, 4) is 28.6 Å². The highest BCUT2D eigenvalue weighted by molar-refractivity contribution is 5.69. The summed E-state index contributed by atoms with van der Waals surface area (Å²) >= 11 is 0. The first-order valence-electron chi connectivity index (χ1n) is 11.3. The van der Waals surface area contributed by atoms with E-state index >= 15 is 0 Å². The highest BCUT2D eigenvalue weighted by Crippen LogP contribution is 2.42. The molecular formula is C26H22N4O4. The van der Waals surface area contributed by atoms with Gasteiger partial charge in [-0.15, -0.1) is 5.10 Å². The summed E-state index contributed by atoms with van der Waals surface area (Å²) in [5.74, 6) is 1.19. The number of tetrazole rings is 1. The van der Waals surface area contributed by atoms with Crippen molar-refractivity contribution in [2.24, 2.45) is 0 Å². The quantitative estimate of drug-likeness (QED) is 0.462. The minimum atomic E-state index is -0.821. The van der Waals surface area contributed by atoms with Crippen LogP contribution in [-0.4, -0.2) is 37.9 Å². The first-order valence-corrected chi connectivity index (χ1v) is 11.3. The summed E-state index contributed by atoms with van der Waals surface area (Å²) in [5, 5.41) is 21.6. The first-order chi connectivity index (χ1) is 16.7. The van der Waals surface area contributed by atoms with Gasteiger partial charge in [-0.05, 0) is 52.6 Å². The van der Waals surface area contributed by atoms with Gasteiger partial charge in [0.2, 0.25) is 0 Å². The van der Waals surface area contributed by atoms with Crippen LogP contribution >= 0.6 is 0 Å². The predicted molar refractivity (Wildman–Crippen MR) is 123 cm³/mol. The van der Waals surface area contributed by atoms with E-state index in [1.807, 2.05) is 54.6 Å². The molecule has 0 fully saturated rings. The van der Waals surface area contributed by atoms with E-state index in [1.54, 1.807) is 4.68 Å². The molecule has 0 unspecified atom stereocenters. The lowest BCUT2D eigenvalue weighted by molar-refractivity contribution is -0.137. The van der Waals surface area contributed by atoms with Crippen molar-refractivity contribution >= 4 is 5.97 Å². The number of fused-ring (bicyclic) bond motifs is 2. The highest BCUT2D eigenvalue weighted by Gasteiger charge is 2.30. The van der Waals surface area contributed by atoms with Crippen molar-refractivity contribution in [2.45, 2.75) is 31.3 Å². The lowest BCUT2D eigenvalue weighted by Crippen LogP contribution is -2.07. The number of ether oxygens (including phenoxy) is 2. The molecule has 2 atom stereocenters. The summed E-state index contributed by atoms with van der Waals surface area (Å²) in [6, 6.07) is 21.7. The molecule has 2 heterocycles. The van der Waals surface area contributed by atoms with Crippen LogP contribution in [0.1, 0.15) is 41.6 Å². The van der Waals surface area contributed by atoms with Gasteiger partial charge in [0.1, 0.15) is 17.6 Å². The number of carboxylic acid groups (broad SMARTS) is 1. The molecule has 4 aromatic rings. The summed E-state index contributed by atoms with van der Waals surface area (Å²) in [6.07, 6.45) is 1.68. The fraction of sp³-hybridized carbons (Fsp3) is 0.231. The Labute approximate surface area is 195 Å². The van der Waals surface area contributed by atoms with Crippen LogP contribution in [0.15, 0.2) is 66.7 Å². The van der Waals surface area contributed by atoms with Crippen LogP contribution in [0.25, 0.3) is 17.1 Å². The zero-order valence-corrected chi connectivity index (χ0v) is 18.3. The van der Waals surface area contributed by atoms with E-state index in [0.29, 0.717) is 23.9 Å². The molecule has 3 aromatic carbocycles. The van der Waals surface area contributed by atoms with Gasteiger partial charge >= 0.3 is 5.97 Å². The Hall–Kier alpha value is -4.20. The van der Waals surface area contributed by atoms with Crippen molar-refractivity contribution in [1.82, 2.24) is 20.2 Å². The fourth-order valence-corrected chi connectivity index (χ4v) is 4.92. The molecule has 1 aliphatic heterocycles. The number of carbonyl (C=O) groups is 1. The van der Waals surface area contributed by atoms with Crippen LogP contribution in [0, 0.1) is 0 Å². The molecule has 8 heteroatoms. The van der Waals surface area contributed by atoms with Gasteiger partial charge in [-0.1, -0.05) is 42.5 Å². The van der Waals surface area contributed by atoms with E-state index in [9.17, 15) is 4.79 Å². The van der Waals surface area contributed by atoms with Crippen LogP contribution in [0.4, 0.5) is 0 Å². The molecule has 0 spiro atoms. The maximum atomic E-state index is 11.1. The maximum absolute atomic E-state index is 11.1. The summed E-state index contributed by atoms with van der Waals surface area (Å²) in [6.45, 7) is 0.386. The second-order valence-corrected chi connectivity index (χ2v) is 8.57. The van der Waals surface area contributed by atoms with E-state index in [-0.39, 0.29) is 18.4 Å². The third-order valence-corrected chi connectivity index (χ3v) is 6.49. The van der Waals surface area contributed by atoms with Crippen LogP contribution in [0.3, 0.4) is 0 Å². The van der Waals surface area contributed by atoms with Gasteiger partial charge in [0.25, 0.3) is 0 Å². The zero-order chi connectivity index (χ0) is 23.1. The Kier molecular flexibility index (Phi) is 4.98. The third kappa shape index (κ3) is 3.57. The number of para-hydroxylation sites is 1. The number of aliphatic carboxylic acids is 1. The Morgan fingerprint density at radius 2 is 1.97 bits per heavy atom. The molecule has 170 valence electrons. The van der Waals surface area contributed by atoms with Crippen molar-refractivity contribution in [3.05, 3.63) is 83.4 Å². The highest BCUT2D eigenvalue weighted by atomic mass is 16.5. The maximum Gasteiger partial charge on any atom is 0.304 e. The van der Waals surface area contributed by atoms with Crippen molar-refractivity contribution < 1.29 is 19.4 Å². The van der Waals surface area contributed by atoms with E-state index in [2.05, 4.69) is 27.7 Å². The monoisotopic (exact) mass is 454 g/mol. The Morgan fingerprint density at radius 1 is 1.09 bits per heavy atom. The second-order valence-electron chi connectivity index (χ2n) is 8.57. The SMILES string of the molecule is O=C(O)C[C@@H]1COc2cc(O[C@@H]3CCc4c(-c5nnnn5-c5ccccc5)cccc43)ccc21. The number of rotatable bonds is 6. The molecule has 34 heavy (non-hydrogen) atoms. The lowest BCUT2D eigenvalue weighted by atomic mass is 9.98. The number of nitrogens with zero attached hydrogens (tertiary/aromatic N) is 4. The Balaban J connectivity index is 1.27. The number of benzene rings is 3. The van der Waals surface area contributed by atoms with Gasteiger partial charge < -0.3 is 14.6 Å². The van der Waals surface area contributed by atoms with Crippen molar-refractivity contribution in [1.29, 1.82) is 0 Å². The van der Waals surface area contributed by atoms with Gasteiger partial charge in [0.05, 0.1) is 18.7 Å². The molecule has 0 saturated carbocycles. The lowest BCUT2D eigenvalue weighted by Gasteiger charge is -2.16. The van der Waals surface area contributed by atoms with Crippen LogP contribution in [0.5, 0.6) is 11.5 Å². The van der Waals surface area contributed by atoms with Gasteiger partial charge in [0.15, 0.2) is 5.82 Å². The zero-order valence-electron chi connectivity index (χ0n) is 18.3. The summed E-state index contributed by atoms with van der Waals surface area (Å²) in [7, 11) is 0. The molecule has 6 rings (SSSR count). The Bertz CT molecular complexity index is 1370. The van der Waals surface area contributed by atoms with Crippen LogP contribution < -0.4 is 9.47 Å². The molecule has 8 nitrogen and oxygen atoms in total. The molecule has 0 bridgehead atoms. The summed E-state index contributed by atoms with van der Waals surface area (Å²) in [5.41, 5.74) is 5.16. The molecule has 1 aliphatic carbocycles. The molecule has 0 amide bonds. The topological polar surface area (TPSA) is 99.4 Å². The molecule has 2 aliphatic rings. The summed E-state index contributed by atoms with van der Waals surface area (Å²) < 4.78 is 13.9. The predicted octanol–water partition coefficient (Wildman–Crippen LogP) is 4.35. The Morgan fingerprint density at radius 3 is 2.82 bits per heavy atom. The van der Waals surface area contributed by atoms with Gasteiger partial charge in [0, 0.05) is 23.1 Å². The summed E-state index contributed by atoms with van der Waals surface area (Å²) in [4.78, 5) is 11.1. The third-order valence-electron chi connectivity index (χ3n) is 6.49. The minimum absolute atomic E-state index is 0.0639. The second kappa shape index (κ2) is 8.30. The molecular weight excluding hydrogens is 432 g/mol.